The summed E-state index contributed by atoms with van der Waals surface area (Å²) in [5.74, 6) is 1.08. The van der Waals surface area contributed by atoms with Crippen LogP contribution in [0.3, 0.4) is 0 Å². The fourth-order valence-corrected chi connectivity index (χ4v) is 2.24. The van der Waals surface area contributed by atoms with Crippen LogP contribution in [0.25, 0.3) is 0 Å². The normalized spacial score (nSPS) is 11.8. The fraction of sp³-hybridized carbons (Fsp3) is 0.538. The van der Waals surface area contributed by atoms with E-state index in [1.165, 1.54) is 16.0 Å². The quantitative estimate of drug-likeness (QED) is 0.792. The summed E-state index contributed by atoms with van der Waals surface area (Å²) in [7, 11) is 0. The minimum Gasteiger partial charge on any atom is -0.330 e. The van der Waals surface area contributed by atoms with Crippen molar-refractivity contribution in [3.63, 3.8) is 0 Å². The molecule has 84 valence electrons. The Balaban J connectivity index is 2.62. The van der Waals surface area contributed by atoms with Gasteiger partial charge in [-0.15, -0.1) is 11.8 Å². The summed E-state index contributed by atoms with van der Waals surface area (Å²) in [5.41, 5.74) is 8.66. The van der Waals surface area contributed by atoms with Gasteiger partial charge in [-0.2, -0.15) is 0 Å². The molecule has 2 N–H and O–H groups in total. The van der Waals surface area contributed by atoms with Crippen molar-refractivity contribution in [2.24, 2.45) is 11.1 Å². The van der Waals surface area contributed by atoms with E-state index in [0.717, 1.165) is 12.3 Å². The van der Waals surface area contributed by atoms with Gasteiger partial charge in [-0.1, -0.05) is 19.9 Å². The zero-order valence-electron chi connectivity index (χ0n) is 10.1. The van der Waals surface area contributed by atoms with Gasteiger partial charge in [-0.3, -0.25) is 0 Å². The zero-order chi connectivity index (χ0) is 11.5. The molecule has 0 saturated carbocycles. The predicted octanol–water partition coefficient (Wildman–Crippen LogP) is 3.38. The third-order valence-electron chi connectivity index (χ3n) is 2.66. The number of benzene rings is 1. The van der Waals surface area contributed by atoms with Crippen LogP contribution in [0.5, 0.6) is 0 Å². The molecular formula is C13H21NS. The lowest BCUT2D eigenvalue weighted by Gasteiger charge is -2.21. The van der Waals surface area contributed by atoms with Crippen molar-refractivity contribution in [3.05, 3.63) is 29.3 Å². The van der Waals surface area contributed by atoms with Crippen molar-refractivity contribution in [1.29, 1.82) is 0 Å². The lowest BCUT2D eigenvalue weighted by molar-refractivity contribution is 0.438. The van der Waals surface area contributed by atoms with Crippen LogP contribution in [0.1, 0.15) is 25.0 Å². The molecule has 15 heavy (non-hydrogen) atoms. The molecule has 0 bridgehead atoms. The summed E-state index contributed by atoms with van der Waals surface area (Å²) in [6, 6.07) is 6.64. The average Bonchev–Trinajstić information content (AvgIpc) is 2.20. The SMILES string of the molecule is Cc1ccc(SCC(C)(C)CN)cc1C. The Hall–Kier alpha value is -0.470. The van der Waals surface area contributed by atoms with Crippen LogP contribution >= 0.6 is 11.8 Å². The van der Waals surface area contributed by atoms with Crippen molar-refractivity contribution in [1.82, 2.24) is 0 Å². The first-order chi connectivity index (χ1) is 6.94. The van der Waals surface area contributed by atoms with Crippen LogP contribution in [0.15, 0.2) is 23.1 Å². The van der Waals surface area contributed by atoms with E-state index in [2.05, 4.69) is 45.9 Å². The minimum absolute atomic E-state index is 0.226. The number of hydrogen-bond donors (Lipinski definition) is 1. The lowest BCUT2D eigenvalue weighted by atomic mass is 9.97. The van der Waals surface area contributed by atoms with Gasteiger partial charge in [0.2, 0.25) is 0 Å². The molecule has 0 heterocycles. The summed E-state index contributed by atoms with van der Waals surface area (Å²) in [6.45, 7) is 9.47. The van der Waals surface area contributed by atoms with Gasteiger partial charge in [0.15, 0.2) is 0 Å². The molecule has 1 nitrogen and oxygen atoms in total. The first-order valence-corrected chi connectivity index (χ1v) is 6.33. The Morgan fingerprint density at radius 1 is 1.20 bits per heavy atom. The number of thioether (sulfide) groups is 1. The van der Waals surface area contributed by atoms with Crippen molar-refractivity contribution >= 4 is 11.8 Å². The maximum Gasteiger partial charge on any atom is 0.00749 e. The molecule has 1 aromatic rings. The van der Waals surface area contributed by atoms with E-state index < -0.39 is 0 Å². The van der Waals surface area contributed by atoms with Gasteiger partial charge in [0.05, 0.1) is 0 Å². The third-order valence-corrected chi connectivity index (χ3v) is 4.17. The second-order valence-corrected chi connectivity index (χ2v) is 5.95. The number of nitrogens with two attached hydrogens (primary N) is 1. The molecular weight excluding hydrogens is 202 g/mol. The van der Waals surface area contributed by atoms with E-state index in [1.54, 1.807) is 0 Å². The maximum absolute atomic E-state index is 5.71. The van der Waals surface area contributed by atoms with E-state index in [-0.39, 0.29) is 5.41 Å². The molecule has 2 heteroatoms. The molecule has 0 fully saturated rings. The summed E-state index contributed by atoms with van der Waals surface area (Å²) in [4.78, 5) is 1.35. The van der Waals surface area contributed by atoms with E-state index >= 15 is 0 Å². The molecule has 1 aromatic carbocycles. The number of aryl methyl sites for hydroxylation is 2. The van der Waals surface area contributed by atoms with Crippen LogP contribution in [0.2, 0.25) is 0 Å². The van der Waals surface area contributed by atoms with Gasteiger partial charge in [0.25, 0.3) is 0 Å². The fourth-order valence-electron chi connectivity index (χ4n) is 1.14. The maximum atomic E-state index is 5.71. The molecule has 0 saturated heterocycles. The second kappa shape index (κ2) is 5.04. The molecule has 0 aliphatic rings. The minimum atomic E-state index is 0.226. The van der Waals surface area contributed by atoms with Gasteiger partial charge < -0.3 is 5.73 Å². The largest absolute Gasteiger partial charge is 0.330 e. The van der Waals surface area contributed by atoms with Gasteiger partial charge in [-0.05, 0) is 49.1 Å². The smallest absolute Gasteiger partial charge is 0.00749 e. The lowest BCUT2D eigenvalue weighted by Crippen LogP contribution is -2.25. The van der Waals surface area contributed by atoms with Crippen LogP contribution < -0.4 is 5.73 Å². The number of rotatable bonds is 4. The summed E-state index contributed by atoms with van der Waals surface area (Å²) >= 11 is 1.89. The highest BCUT2D eigenvalue weighted by Gasteiger charge is 2.15. The van der Waals surface area contributed by atoms with Crippen LogP contribution in [-0.4, -0.2) is 12.3 Å². The Morgan fingerprint density at radius 2 is 1.87 bits per heavy atom. The van der Waals surface area contributed by atoms with Crippen LogP contribution in [0.4, 0.5) is 0 Å². The molecule has 0 radical (unpaired) electrons. The molecule has 0 aromatic heterocycles. The summed E-state index contributed by atoms with van der Waals surface area (Å²) in [6.07, 6.45) is 0. The molecule has 1 rings (SSSR count). The van der Waals surface area contributed by atoms with Gasteiger partial charge in [-0.25, -0.2) is 0 Å². The van der Waals surface area contributed by atoms with Crippen LogP contribution in [0, 0.1) is 19.3 Å². The van der Waals surface area contributed by atoms with Crippen molar-refractivity contribution in [2.75, 3.05) is 12.3 Å². The van der Waals surface area contributed by atoms with Gasteiger partial charge in [0.1, 0.15) is 0 Å². The predicted molar refractivity (Wildman–Crippen MR) is 69.5 cm³/mol. The molecule has 0 aliphatic carbocycles. The van der Waals surface area contributed by atoms with Gasteiger partial charge >= 0.3 is 0 Å². The second-order valence-electron chi connectivity index (χ2n) is 4.90. The summed E-state index contributed by atoms with van der Waals surface area (Å²) < 4.78 is 0. The topological polar surface area (TPSA) is 26.0 Å². The average molecular weight is 223 g/mol. The Kier molecular flexibility index (Phi) is 4.23. The van der Waals surface area contributed by atoms with Crippen molar-refractivity contribution < 1.29 is 0 Å². The molecule has 0 atom stereocenters. The van der Waals surface area contributed by atoms with Crippen molar-refractivity contribution in [2.45, 2.75) is 32.6 Å². The Bertz CT molecular complexity index is 331. The van der Waals surface area contributed by atoms with E-state index in [9.17, 15) is 0 Å². The number of hydrogen-bond acceptors (Lipinski definition) is 2. The Labute approximate surface area is 97.4 Å². The highest BCUT2D eigenvalue weighted by molar-refractivity contribution is 7.99. The molecule has 0 aliphatic heterocycles. The van der Waals surface area contributed by atoms with Crippen molar-refractivity contribution in [3.8, 4) is 0 Å². The highest BCUT2D eigenvalue weighted by atomic mass is 32.2. The van der Waals surface area contributed by atoms with Gasteiger partial charge in [0, 0.05) is 10.6 Å². The Morgan fingerprint density at radius 3 is 2.40 bits per heavy atom. The van der Waals surface area contributed by atoms with Crippen LogP contribution in [-0.2, 0) is 0 Å². The molecule has 0 spiro atoms. The molecule has 0 unspecified atom stereocenters. The van der Waals surface area contributed by atoms with E-state index in [4.69, 9.17) is 5.73 Å². The highest BCUT2D eigenvalue weighted by Crippen LogP contribution is 2.27. The monoisotopic (exact) mass is 223 g/mol. The third kappa shape index (κ3) is 3.88. The first kappa shape index (κ1) is 12.6. The van der Waals surface area contributed by atoms with E-state index in [1.807, 2.05) is 11.8 Å². The summed E-state index contributed by atoms with van der Waals surface area (Å²) in [5, 5.41) is 0. The first-order valence-electron chi connectivity index (χ1n) is 5.35. The molecule has 0 amide bonds. The standard InChI is InChI=1S/C13H21NS/c1-10-5-6-12(7-11(10)2)15-9-13(3,4)8-14/h5-7H,8-9,14H2,1-4H3. The van der Waals surface area contributed by atoms with E-state index in [0.29, 0.717) is 0 Å². The zero-order valence-corrected chi connectivity index (χ0v) is 10.9.